The number of para-hydroxylation sites is 2. The SMILES string of the molecule is O=c1/c(=C\c2ccc(OCc3ccc(Br)cc3Br)cc2)sc2nc3ccccc3n12. The lowest BCUT2D eigenvalue weighted by Crippen LogP contribution is -2.22. The third-order valence-electron chi connectivity index (χ3n) is 4.73. The third kappa shape index (κ3) is 3.69. The summed E-state index contributed by atoms with van der Waals surface area (Å²) in [5.41, 5.74) is 3.66. The quantitative estimate of drug-likeness (QED) is 0.299. The molecule has 0 saturated heterocycles. The van der Waals surface area contributed by atoms with E-state index in [-0.39, 0.29) is 5.56 Å². The second-order valence-corrected chi connectivity index (χ2v) is 9.51. The Morgan fingerprint density at radius 1 is 1.03 bits per heavy atom. The van der Waals surface area contributed by atoms with Crippen molar-refractivity contribution in [3.8, 4) is 5.75 Å². The minimum Gasteiger partial charge on any atom is -0.489 e. The van der Waals surface area contributed by atoms with Gasteiger partial charge in [-0.15, -0.1) is 0 Å². The number of imidazole rings is 1. The molecule has 0 spiro atoms. The van der Waals surface area contributed by atoms with E-state index in [4.69, 9.17) is 4.74 Å². The van der Waals surface area contributed by atoms with Crippen molar-refractivity contribution >= 4 is 65.3 Å². The molecule has 0 radical (unpaired) electrons. The van der Waals surface area contributed by atoms with Crippen molar-refractivity contribution in [3.63, 3.8) is 0 Å². The largest absolute Gasteiger partial charge is 0.489 e. The molecule has 0 fully saturated rings. The minimum atomic E-state index is -0.0379. The van der Waals surface area contributed by atoms with E-state index in [1.807, 2.05) is 72.8 Å². The highest BCUT2D eigenvalue weighted by atomic mass is 79.9. The van der Waals surface area contributed by atoms with Crippen molar-refractivity contribution in [3.05, 3.63) is 102 Å². The first-order valence-corrected chi connectivity index (χ1v) is 11.6. The molecule has 7 heteroatoms. The number of benzene rings is 3. The van der Waals surface area contributed by atoms with Gasteiger partial charge in [0.05, 0.1) is 15.6 Å². The van der Waals surface area contributed by atoms with Crippen LogP contribution in [0, 0.1) is 0 Å². The first kappa shape index (κ1) is 19.5. The molecule has 3 aromatic carbocycles. The Kier molecular flexibility index (Phi) is 5.18. The van der Waals surface area contributed by atoms with E-state index in [1.54, 1.807) is 4.40 Å². The minimum absolute atomic E-state index is 0.0379. The van der Waals surface area contributed by atoms with Crippen LogP contribution >= 0.6 is 43.2 Å². The molecule has 0 saturated carbocycles. The van der Waals surface area contributed by atoms with Crippen LogP contribution in [0.15, 0.2) is 80.5 Å². The van der Waals surface area contributed by atoms with Gasteiger partial charge in [-0.3, -0.25) is 4.79 Å². The highest BCUT2D eigenvalue weighted by Crippen LogP contribution is 2.24. The van der Waals surface area contributed by atoms with E-state index in [2.05, 4.69) is 36.8 Å². The topological polar surface area (TPSA) is 43.6 Å². The predicted molar refractivity (Wildman–Crippen MR) is 128 cm³/mol. The molecule has 0 aliphatic carbocycles. The van der Waals surface area contributed by atoms with E-state index >= 15 is 0 Å². The molecular formula is C23H14Br2N2O2S. The fraction of sp³-hybridized carbons (Fsp3) is 0.0435. The molecule has 2 aromatic heterocycles. The molecule has 5 aromatic rings. The van der Waals surface area contributed by atoms with Gasteiger partial charge < -0.3 is 4.74 Å². The Balaban J connectivity index is 1.40. The Morgan fingerprint density at radius 2 is 1.83 bits per heavy atom. The number of hydrogen-bond acceptors (Lipinski definition) is 4. The molecule has 4 nitrogen and oxygen atoms in total. The van der Waals surface area contributed by atoms with Crippen molar-refractivity contribution in [2.75, 3.05) is 0 Å². The first-order valence-electron chi connectivity index (χ1n) is 9.17. The number of thiazole rings is 1. The smallest absolute Gasteiger partial charge is 0.274 e. The molecular weight excluding hydrogens is 528 g/mol. The van der Waals surface area contributed by atoms with Gasteiger partial charge in [0, 0.05) is 14.5 Å². The van der Waals surface area contributed by atoms with Crippen molar-refractivity contribution in [1.29, 1.82) is 0 Å². The lowest BCUT2D eigenvalue weighted by molar-refractivity contribution is 0.305. The highest BCUT2D eigenvalue weighted by Gasteiger charge is 2.10. The number of fused-ring (bicyclic) bond motifs is 3. The molecule has 0 amide bonds. The number of ether oxygens (including phenoxy) is 1. The Labute approximate surface area is 192 Å². The zero-order chi connectivity index (χ0) is 20.7. The molecule has 0 N–H and O–H groups in total. The maximum Gasteiger partial charge on any atom is 0.274 e. The summed E-state index contributed by atoms with van der Waals surface area (Å²) in [5.74, 6) is 0.774. The van der Waals surface area contributed by atoms with E-state index in [1.165, 1.54) is 11.3 Å². The summed E-state index contributed by atoms with van der Waals surface area (Å²) in [6.07, 6.45) is 1.89. The molecule has 0 aliphatic rings. The van der Waals surface area contributed by atoms with Crippen LogP contribution in [0.1, 0.15) is 11.1 Å². The van der Waals surface area contributed by atoms with Crippen LogP contribution in [0.3, 0.4) is 0 Å². The third-order valence-corrected chi connectivity index (χ3v) is 6.93. The summed E-state index contributed by atoms with van der Waals surface area (Å²) in [7, 11) is 0. The number of rotatable bonds is 4. The van der Waals surface area contributed by atoms with E-state index in [0.717, 1.165) is 36.9 Å². The maximum absolute atomic E-state index is 12.9. The number of halogens is 2. The molecule has 5 rings (SSSR count). The number of nitrogens with zero attached hydrogens (tertiary/aromatic N) is 2. The van der Waals surface area contributed by atoms with Gasteiger partial charge in [-0.2, -0.15) is 0 Å². The van der Waals surface area contributed by atoms with Gasteiger partial charge in [-0.25, -0.2) is 9.38 Å². The van der Waals surface area contributed by atoms with Gasteiger partial charge in [0.25, 0.3) is 5.56 Å². The van der Waals surface area contributed by atoms with Crippen molar-refractivity contribution < 1.29 is 4.74 Å². The van der Waals surface area contributed by atoms with Gasteiger partial charge in [0.15, 0.2) is 4.96 Å². The molecule has 148 valence electrons. The van der Waals surface area contributed by atoms with E-state index < -0.39 is 0 Å². The van der Waals surface area contributed by atoms with Crippen LogP contribution in [0.2, 0.25) is 0 Å². The maximum atomic E-state index is 12.9. The Morgan fingerprint density at radius 3 is 2.63 bits per heavy atom. The number of hydrogen-bond donors (Lipinski definition) is 0. The lowest BCUT2D eigenvalue weighted by Gasteiger charge is -2.08. The fourth-order valence-electron chi connectivity index (χ4n) is 3.22. The second-order valence-electron chi connectivity index (χ2n) is 6.73. The van der Waals surface area contributed by atoms with Crippen molar-refractivity contribution in [2.24, 2.45) is 0 Å². The summed E-state index contributed by atoms with van der Waals surface area (Å²) in [5, 5.41) is 0. The first-order chi connectivity index (χ1) is 14.6. The van der Waals surface area contributed by atoms with E-state index in [9.17, 15) is 4.79 Å². The van der Waals surface area contributed by atoms with Gasteiger partial charge in [-0.05, 0) is 48.0 Å². The van der Waals surface area contributed by atoms with Crippen LogP contribution in [0.5, 0.6) is 5.75 Å². The molecule has 0 bridgehead atoms. The summed E-state index contributed by atoms with van der Waals surface area (Å²) in [4.78, 5) is 18.1. The van der Waals surface area contributed by atoms with Crippen molar-refractivity contribution in [2.45, 2.75) is 6.61 Å². The average Bonchev–Trinajstić information content (AvgIpc) is 3.25. The monoisotopic (exact) mass is 540 g/mol. The molecule has 0 unspecified atom stereocenters. The Hall–Kier alpha value is -2.48. The zero-order valence-corrected chi connectivity index (χ0v) is 19.5. The lowest BCUT2D eigenvalue weighted by atomic mass is 10.2. The number of aromatic nitrogens is 2. The van der Waals surface area contributed by atoms with Crippen LogP contribution in [0.4, 0.5) is 0 Å². The molecule has 30 heavy (non-hydrogen) atoms. The van der Waals surface area contributed by atoms with E-state index in [0.29, 0.717) is 16.1 Å². The average molecular weight is 542 g/mol. The normalized spacial score (nSPS) is 12.1. The highest BCUT2D eigenvalue weighted by molar-refractivity contribution is 9.11. The van der Waals surface area contributed by atoms with Crippen LogP contribution in [-0.4, -0.2) is 9.38 Å². The van der Waals surface area contributed by atoms with Crippen LogP contribution in [0.25, 0.3) is 22.1 Å². The fourth-order valence-corrected chi connectivity index (χ4v) is 5.37. The molecule has 0 aliphatic heterocycles. The van der Waals surface area contributed by atoms with Crippen LogP contribution in [-0.2, 0) is 6.61 Å². The zero-order valence-electron chi connectivity index (χ0n) is 15.5. The van der Waals surface area contributed by atoms with Gasteiger partial charge in [0.2, 0.25) is 0 Å². The predicted octanol–water partition coefficient (Wildman–Crippen LogP) is 5.56. The summed E-state index contributed by atoms with van der Waals surface area (Å²) in [6.45, 7) is 0.469. The van der Waals surface area contributed by atoms with Crippen LogP contribution < -0.4 is 14.8 Å². The summed E-state index contributed by atoms with van der Waals surface area (Å²) < 4.78 is 10.3. The Bertz CT molecular complexity index is 1490. The summed E-state index contributed by atoms with van der Waals surface area (Å²) in [6, 6.07) is 21.4. The molecule has 2 heterocycles. The second kappa shape index (κ2) is 7.98. The van der Waals surface area contributed by atoms with Gasteiger partial charge in [0.1, 0.15) is 12.4 Å². The van der Waals surface area contributed by atoms with Gasteiger partial charge in [-0.1, -0.05) is 73.5 Å². The summed E-state index contributed by atoms with van der Waals surface area (Å²) >= 11 is 8.41. The van der Waals surface area contributed by atoms with Crippen molar-refractivity contribution in [1.82, 2.24) is 9.38 Å². The molecule has 0 atom stereocenters. The van der Waals surface area contributed by atoms with Gasteiger partial charge >= 0.3 is 0 Å². The standard InChI is InChI=1S/C23H14Br2N2O2S/c24-16-8-7-15(18(25)12-16)13-29-17-9-5-14(6-10-17)11-21-22(28)27-20-4-2-1-3-19(20)26-23(27)30-21/h1-12H,13H2/b21-11+.